The minimum atomic E-state index is -1.05. The molecule has 3 N–H and O–H groups in total. The van der Waals surface area contributed by atoms with Crippen molar-refractivity contribution < 1.29 is 14.3 Å². The number of aromatic nitrogens is 1. The summed E-state index contributed by atoms with van der Waals surface area (Å²) in [6.45, 7) is 2.14. The van der Waals surface area contributed by atoms with E-state index >= 15 is 0 Å². The molecule has 1 aromatic carbocycles. The molecule has 0 fully saturated rings. The van der Waals surface area contributed by atoms with Gasteiger partial charge in [-0.3, -0.25) is 4.79 Å². The molecule has 0 bridgehead atoms. The van der Waals surface area contributed by atoms with Crippen molar-refractivity contribution in [1.29, 1.82) is 0 Å². The second-order valence-corrected chi connectivity index (χ2v) is 5.78. The molecular weight excluding hydrogens is 273 g/mol. The first-order valence-electron chi connectivity index (χ1n) is 6.71. The van der Waals surface area contributed by atoms with Crippen LogP contribution in [0.25, 0.3) is 10.9 Å². The fourth-order valence-corrected chi connectivity index (χ4v) is 2.42. The van der Waals surface area contributed by atoms with Gasteiger partial charge in [0.1, 0.15) is 5.82 Å². The topological polar surface area (TPSA) is 68.4 Å². The van der Waals surface area contributed by atoms with E-state index in [0.29, 0.717) is 12.1 Å². The molecule has 0 spiro atoms. The Balaban J connectivity index is 2.13. The van der Waals surface area contributed by atoms with E-state index in [-0.39, 0.29) is 17.5 Å². The maximum Gasteiger partial charge on any atom is 0.253 e. The van der Waals surface area contributed by atoms with Crippen molar-refractivity contribution in [1.82, 2.24) is 15.2 Å². The Hall–Kier alpha value is -1.92. The highest BCUT2D eigenvalue weighted by molar-refractivity contribution is 6.06. The molecule has 1 aromatic heterocycles. The lowest BCUT2D eigenvalue weighted by atomic mass is 10.1. The molecule has 2 aromatic rings. The van der Waals surface area contributed by atoms with Crippen molar-refractivity contribution in [2.75, 3.05) is 27.2 Å². The van der Waals surface area contributed by atoms with Gasteiger partial charge in [0.25, 0.3) is 5.91 Å². The molecule has 5 nitrogen and oxygen atoms in total. The van der Waals surface area contributed by atoms with Gasteiger partial charge in [-0.2, -0.15) is 0 Å². The molecule has 1 heterocycles. The third-order valence-electron chi connectivity index (χ3n) is 3.19. The van der Waals surface area contributed by atoms with Crippen LogP contribution in [0.5, 0.6) is 0 Å². The van der Waals surface area contributed by atoms with E-state index in [4.69, 9.17) is 0 Å². The summed E-state index contributed by atoms with van der Waals surface area (Å²) in [7, 11) is 3.68. The summed E-state index contributed by atoms with van der Waals surface area (Å²) in [4.78, 5) is 16.9. The lowest BCUT2D eigenvalue weighted by Crippen LogP contribution is -2.47. The monoisotopic (exact) mass is 293 g/mol. The van der Waals surface area contributed by atoms with Crippen molar-refractivity contribution in [3.63, 3.8) is 0 Å². The number of rotatable bonds is 5. The molecular formula is C15H20FN3O2. The quantitative estimate of drug-likeness (QED) is 0.779. The minimum absolute atomic E-state index is 0.0884. The summed E-state index contributed by atoms with van der Waals surface area (Å²) >= 11 is 0. The Kier molecular flexibility index (Phi) is 4.29. The van der Waals surface area contributed by atoms with Crippen LogP contribution in [0.3, 0.4) is 0 Å². The van der Waals surface area contributed by atoms with Gasteiger partial charge in [0.15, 0.2) is 0 Å². The standard InChI is InChI=1S/C15H20FN3O2/c1-15(21,9-19(2)3)8-18-14(20)10-7-17-12-6-4-5-11(16)13(10)12/h4-7,17,21H,8-9H2,1-3H3,(H,18,20). The molecule has 6 heteroatoms. The van der Waals surface area contributed by atoms with Gasteiger partial charge in [0.2, 0.25) is 0 Å². The largest absolute Gasteiger partial charge is 0.387 e. The second-order valence-electron chi connectivity index (χ2n) is 5.78. The molecule has 0 aliphatic heterocycles. The number of fused-ring (bicyclic) bond motifs is 1. The van der Waals surface area contributed by atoms with E-state index in [9.17, 15) is 14.3 Å². The number of carbonyl (C=O) groups is 1. The average Bonchev–Trinajstić information content (AvgIpc) is 2.80. The number of aliphatic hydroxyl groups is 1. The Morgan fingerprint density at radius 1 is 1.48 bits per heavy atom. The Bertz CT molecular complexity index is 649. The van der Waals surface area contributed by atoms with E-state index in [1.165, 1.54) is 12.3 Å². The third kappa shape index (κ3) is 3.59. The first-order valence-corrected chi connectivity index (χ1v) is 6.71. The molecule has 0 saturated heterocycles. The molecule has 1 atom stereocenters. The average molecular weight is 293 g/mol. The van der Waals surface area contributed by atoms with Gasteiger partial charge < -0.3 is 20.3 Å². The summed E-state index contributed by atoms with van der Waals surface area (Å²) in [5.41, 5.74) is -0.243. The number of nitrogens with one attached hydrogen (secondary N) is 2. The number of H-pyrrole nitrogens is 1. The van der Waals surface area contributed by atoms with Crippen LogP contribution in [-0.2, 0) is 0 Å². The van der Waals surface area contributed by atoms with Gasteiger partial charge >= 0.3 is 0 Å². The highest BCUT2D eigenvalue weighted by Crippen LogP contribution is 2.21. The van der Waals surface area contributed by atoms with Crippen LogP contribution >= 0.6 is 0 Å². The number of aromatic amines is 1. The Morgan fingerprint density at radius 3 is 2.86 bits per heavy atom. The molecule has 2 rings (SSSR count). The summed E-state index contributed by atoms with van der Waals surface area (Å²) in [6.07, 6.45) is 1.48. The van der Waals surface area contributed by atoms with Gasteiger partial charge in [0.05, 0.1) is 11.2 Å². The van der Waals surface area contributed by atoms with E-state index in [0.717, 1.165) is 0 Å². The Morgan fingerprint density at radius 2 is 2.19 bits per heavy atom. The number of halogens is 1. The van der Waals surface area contributed by atoms with Crippen LogP contribution in [0.15, 0.2) is 24.4 Å². The van der Waals surface area contributed by atoms with Crippen molar-refractivity contribution in [2.45, 2.75) is 12.5 Å². The summed E-state index contributed by atoms with van der Waals surface area (Å²) < 4.78 is 13.8. The van der Waals surface area contributed by atoms with E-state index in [2.05, 4.69) is 10.3 Å². The lowest BCUT2D eigenvalue weighted by molar-refractivity contribution is 0.0326. The van der Waals surface area contributed by atoms with E-state index in [1.807, 2.05) is 19.0 Å². The van der Waals surface area contributed by atoms with Crippen LogP contribution in [0, 0.1) is 5.82 Å². The Labute approximate surface area is 122 Å². The van der Waals surface area contributed by atoms with Crippen molar-refractivity contribution in [3.8, 4) is 0 Å². The molecule has 1 amide bonds. The van der Waals surface area contributed by atoms with Crippen molar-refractivity contribution in [2.24, 2.45) is 0 Å². The van der Waals surface area contributed by atoms with Crippen LogP contribution in [-0.4, -0.2) is 53.7 Å². The molecule has 21 heavy (non-hydrogen) atoms. The number of carbonyl (C=O) groups excluding carboxylic acids is 1. The fourth-order valence-electron chi connectivity index (χ4n) is 2.42. The molecule has 0 radical (unpaired) electrons. The number of likely N-dealkylation sites (N-methyl/N-ethyl adjacent to an activating group) is 1. The maximum atomic E-state index is 13.8. The summed E-state index contributed by atoms with van der Waals surface area (Å²) in [5, 5.41) is 13.1. The molecule has 1 unspecified atom stereocenters. The van der Waals surface area contributed by atoms with Gasteiger partial charge in [-0.15, -0.1) is 0 Å². The van der Waals surface area contributed by atoms with Crippen LogP contribution in [0.2, 0.25) is 0 Å². The van der Waals surface area contributed by atoms with Crippen molar-refractivity contribution in [3.05, 3.63) is 35.8 Å². The van der Waals surface area contributed by atoms with Crippen molar-refractivity contribution >= 4 is 16.8 Å². The summed E-state index contributed by atoms with van der Waals surface area (Å²) in [6, 6.07) is 4.60. The number of hydrogen-bond acceptors (Lipinski definition) is 3. The number of hydrogen-bond donors (Lipinski definition) is 3. The normalized spacial score (nSPS) is 14.4. The van der Waals surface area contributed by atoms with Gasteiger partial charge in [-0.05, 0) is 33.2 Å². The fraction of sp³-hybridized carbons (Fsp3) is 0.400. The first-order chi connectivity index (χ1) is 9.80. The zero-order valence-electron chi connectivity index (χ0n) is 12.4. The number of nitrogens with zero attached hydrogens (tertiary/aromatic N) is 1. The zero-order valence-corrected chi connectivity index (χ0v) is 12.4. The van der Waals surface area contributed by atoms with Crippen LogP contribution < -0.4 is 5.32 Å². The van der Waals surface area contributed by atoms with Gasteiger partial charge in [0, 0.05) is 30.2 Å². The second kappa shape index (κ2) is 5.83. The highest BCUT2D eigenvalue weighted by Gasteiger charge is 2.23. The molecule has 0 aliphatic rings. The predicted octanol–water partition coefficient (Wildman–Crippen LogP) is 1.35. The van der Waals surface area contributed by atoms with E-state index < -0.39 is 17.3 Å². The van der Waals surface area contributed by atoms with E-state index in [1.54, 1.807) is 19.1 Å². The number of amides is 1. The van der Waals surface area contributed by atoms with Crippen LogP contribution in [0.4, 0.5) is 4.39 Å². The lowest BCUT2D eigenvalue weighted by Gasteiger charge is -2.27. The molecule has 114 valence electrons. The van der Waals surface area contributed by atoms with Crippen LogP contribution in [0.1, 0.15) is 17.3 Å². The SMILES string of the molecule is CN(C)CC(C)(O)CNC(=O)c1c[nH]c2cccc(F)c12. The molecule has 0 saturated carbocycles. The number of benzene rings is 1. The highest BCUT2D eigenvalue weighted by atomic mass is 19.1. The maximum absolute atomic E-state index is 13.8. The molecule has 0 aliphatic carbocycles. The predicted molar refractivity (Wildman–Crippen MR) is 79.8 cm³/mol. The minimum Gasteiger partial charge on any atom is -0.387 e. The van der Waals surface area contributed by atoms with Gasteiger partial charge in [-0.1, -0.05) is 6.07 Å². The first kappa shape index (κ1) is 15.5. The zero-order chi connectivity index (χ0) is 15.6. The third-order valence-corrected chi connectivity index (χ3v) is 3.19. The van der Waals surface area contributed by atoms with Gasteiger partial charge in [-0.25, -0.2) is 4.39 Å². The summed E-state index contributed by atoms with van der Waals surface area (Å²) in [5.74, 6) is -0.857. The smallest absolute Gasteiger partial charge is 0.253 e.